The molecule has 0 bridgehead atoms. The lowest BCUT2D eigenvalue weighted by Crippen LogP contribution is -2.41. The van der Waals surface area contributed by atoms with Gasteiger partial charge in [0.1, 0.15) is 46.0 Å². The van der Waals surface area contributed by atoms with Gasteiger partial charge in [-0.3, -0.25) is 29.0 Å². The summed E-state index contributed by atoms with van der Waals surface area (Å²) in [6.07, 6.45) is 2.52. The lowest BCUT2D eigenvalue weighted by Gasteiger charge is -2.32. The zero-order chi connectivity index (χ0) is 66.6. The first kappa shape index (κ1) is 61.1. The fourth-order valence-electron chi connectivity index (χ4n) is 12.6. The number of nitrogens with zero attached hydrogens (tertiary/aromatic N) is 2. The molecule has 0 unspecified atom stereocenters. The number of ether oxygens (including phenoxy) is 4. The summed E-state index contributed by atoms with van der Waals surface area (Å²) in [5.74, 6) is 26.4. The number of carbonyl (C=O) groups excluding carboxylic acids is 4. The van der Waals surface area contributed by atoms with Crippen molar-refractivity contribution in [1.82, 2.24) is 9.80 Å². The van der Waals surface area contributed by atoms with Gasteiger partial charge in [0, 0.05) is 101 Å². The second-order valence-corrected chi connectivity index (χ2v) is 23.9. The number of fused-ring (bicyclic) bond motifs is 2. The van der Waals surface area contributed by atoms with Crippen molar-refractivity contribution in [2.75, 3.05) is 13.1 Å². The van der Waals surface area contributed by atoms with Crippen LogP contribution in [0.25, 0.3) is 43.1 Å². The number of unbranched alkanes of at least 4 members (excludes halogenated alkanes) is 2. The van der Waals surface area contributed by atoms with E-state index in [-0.39, 0.29) is 58.3 Å². The van der Waals surface area contributed by atoms with Crippen molar-refractivity contribution in [3.63, 3.8) is 0 Å². The third-order valence-corrected chi connectivity index (χ3v) is 17.4. The highest BCUT2D eigenvalue weighted by molar-refractivity contribution is 6.45. The van der Waals surface area contributed by atoms with Crippen LogP contribution >= 0.6 is 0 Å². The third-order valence-electron chi connectivity index (χ3n) is 17.4. The van der Waals surface area contributed by atoms with Gasteiger partial charge in [-0.1, -0.05) is 147 Å². The Bertz CT molecular complexity index is 4910. The number of imide groups is 2. The number of hydrogen-bond donors (Lipinski definition) is 0. The predicted molar refractivity (Wildman–Crippen MR) is 384 cm³/mol. The normalized spacial score (nSPS) is 12.1. The van der Waals surface area contributed by atoms with Crippen LogP contribution in [0.4, 0.5) is 0 Å². The molecule has 0 radical (unpaired) electrons. The highest BCUT2D eigenvalue weighted by Gasteiger charge is 2.41. The van der Waals surface area contributed by atoms with Crippen LogP contribution in [-0.2, 0) is 0 Å². The molecule has 0 N–H and O–H groups in total. The summed E-state index contributed by atoms with van der Waals surface area (Å²) < 4.78 is 29.0. The van der Waals surface area contributed by atoms with Crippen LogP contribution < -0.4 is 18.9 Å². The van der Waals surface area contributed by atoms with Gasteiger partial charge in [-0.25, -0.2) is 0 Å². The van der Waals surface area contributed by atoms with Gasteiger partial charge in [0.25, 0.3) is 23.6 Å². The standard InChI is InChI=1S/C88H58N2O8/c1-3-5-51-89-85(91)69-53-73(95-65-43-35-61(36-44-65)31-27-57-19-11-7-12-20-57)79-81-75(97-67-47-39-63(40-48-67)33-29-59-23-15-9-16-24-59)55-71-78-72(88(94)90(87(71)93)52-6-4-2)56-76(98-68-49-41-64(42-50-68)34-30-60-25-17-10-18-26-60)82(84(78)81)80-74(54-70(86(89)92)77(69)83(79)80)96-66-45-37-62(38-46-66)32-28-58-21-13-8-14-22-58/h7-26,35-50,53-56H,3-6,51-52H2,1-2H3. The lowest BCUT2D eigenvalue weighted by atomic mass is 9.80. The van der Waals surface area contributed by atoms with E-state index in [1.54, 1.807) is 24.3 Å². The fourth-order valence-corrected chi connectivity index (χ4v) is 12.6. The summed E-state index contributed by atoms with van der Waals surface area (Å²) >= 11 is 0. The minimum Gasteiger partial charge on any atom is -0.457 e. The smallest absolute Gasteiger partial charge is 0.261 e. The lowest BCUT2D eigenvalue weighted by molar-refractivity contribution is 0.0593. The highest BCUT2D eigenvalue weighted by Crippen LogP contribution is 2.58. The molecule has 0 aliphatic carbocycles. The van der Waals surface area contributed by atoms with Crippen molar-refractivity contribution < 1.29 is 38.1 Å². The fraction of sp³-hybridized carbons (Fsp3) is 0.0909. The van der Waals surface area contributed by atoms with Crippen LogP contribution in [0.1, 0.15) is 125 Å². The molecule has 468 valence electrons. The number of rotatable bonds is 14. The molecule has 2 heterocycles. The maximum Gasteiger partial charge on any atom is 0.261 e. The largest absolute Gasteiger partial charge is 0.457 e. The van der Waals surface area contributed by atoms with Gasteiger partial charge in [-0.15, -0.1) is 0 Å². The summed E-state index contributed by atoms with van der Waals surface area (Å²) in [7, 11) is 0. The zero-order valence-corrected chi connectivity index (χ0v) is 53.5. The van der Waals surface area contributed by atoms with E-state index in [0.29, 0.717) is 91.8 Å². The van der Waals surface area contributed by atoms with E-state index in [1.165, 1.54) is 9.80 Å². The predicted octanol–water partition coefficient (Wildman–Crippen LogP) is 19.3. The summed E-state index contributed by atoms with van der Waals surface area (Å²) in [5, 5.41) is 3.06. The Balaban J connectivity index is 1.04. The molecule has 0 aromatic heterocycles. The van der Waals surface area contributed by atoms with Gasteiger partial charge in [0.2, 0.25) is 0 Å². The van der Waals surface area contributed by atoms with Gasteiger partial charge in [-0.2, -0.15) is 0 Å². The molecule has 13 aromatic carbocycles. The van der Waals surface area contributed by atoms with Crippen molar-refractivity contribution in [2.45, 2.75) is 39.5 Å². The Kier molecular flexibility index (Phi) is 16.6. The van der Waals surface area contributed by atoms with Gasteiger partial charge >= 0.3 is 0 Å². The monoisotopic (exact) mass is 1270 g/mol. The number of amides is 4. The molecule has 0 spiro atoms. The average Bonchev–Trinajstić information content (AvgIpc) is 0.673. The second kappa shape index (κ2) is 26.7. The molecule has 98 heavy (non-hydrogen) atoms. The van der Waals surface area contributed by atoms with Crippen LogP contribution in [0.2, 0.25) is 0 Å². The minimum atomic E-state index is -0.510. The van der Waals surface area contributed by atoms with E-state index < -0.39 is 23.6 Å². The van der Waals surface area contributed by atoms with Crippen LogP contribution in [0.3, 0.4) is 0 Å². The maximum atomic E-state index is 15.6. The van der Waals surface area contributed by atoms with E-state index in [9.17, 15) is 0 Å². The molecular formula is C88H58N2O8. The molecule has 10 heteroatoms. The first-order chi connectivity index (χ1) is 48.1. The Labute approximate surface area is 566 Å². The van der Waals surface area contributed by atoms with Crippen LogP contribution in [0.15, 0.2) is 243 Å². The quantitative estimate of drug-likeness (QED) is 0.0458. The van der Waals surface area contributed by atoms with Crippen LogP contribution in [0.5, 0.6) is 46.0 Å². The zero-order valence-electron chi connectivity index (χ0n) is 53.5. The summed E-state index contributed by atoms with van der Waals surface area (Å²) in [6, 6.07) is 75.1. The molecule has 13 aromatic rings. The molecule has 0 fully saturated rings. The Hall–Kier alpha value is -13.1. The van der Waals surface area contributed by atoms with E-state index in [2.05, 4.69) is 47.4 Å². The summed E-state index contributed by atoms with van der Waals surface area (Å²) in [4.78, 5) is 64.8. The molecular weight excluding hydrogens is 1210 g/mol. The number of hydrogen-bond acceptors (Lipinski definition) is 8. The molecule has 0 saturated carbocycles. The minimum absolute atomic E-state index is 0.149. The van der Waals surface area contributed by atoms with E-state index in [0.717, 1.165) is 44.5 Å². The van der Waals surface area contributed by atoms with E-state index >= 15 is 19.2 Å². The van der Waals surface area contributed by atoms with Gasteiger partial charge < -0.3 is 18.9 Å². The van der Waals surface area contributed by atoms with E-state index in [4.69, 9.17) is 18.9 Å². The molecule has 15 rings (SSSR count). The van der Waals surface area contributed by atoms with E-state index in [1.807, 2.05) is 232 Å². The summed E-state index contributed by atoms with van der Waals surface area (Å²) in [6.45, 7) is 4.31. The topological polar surface area (TPSA) is 112 Å². The molecule has 4 amide bonds. The van der Waals surface area contributed by atoms with Crippen molar-refractivity contribution in [3.8, 4) is 93.4 Å². The van der Waals surface area contributed by atoms with Crippen LogP contribution in [0, 0.1) is 47.4 Å². The first-order valence-corrected chi connectivity index (χ1v) is 32.6. The second-order valence-electron chi connectivity index (χ2n) is 23.9. The Morgan fingerprint density at radius 3 is 0.663 bits per heavy atom. The molecule has 0 atom stereocenters. The van der Waals surface area contributed by atoms with Gasteiger partial charge in [-0.05, 0) is 183 Å². The van der Waals surface area contributed by atoms with Crippen LogP contribution in [-0.4, -0.2) is 46.5 Å². The highest BCUT2D eigenvalue weighted by atomic mass is 16.5. The molecule has 2 aliphatic rings. The SMILES string of the molecule is CCCCN1C(=O)c2cc(Oc3ccc(C#Cc4ccccc4)cc3)c3c4c(Oc5ccc(C#Cc6ccccc6)cc5)cc5c6c(cc(Oc7ccc(C#Cc8ccccc8)cc7)c(c7c(Oc8ccc(C#Cc9ccccc9)cc8)cc(c2c37)C1=O)c64)C(=O)N(CCCC)C5=O. The number of benzene rings is 13. The Morgan fingerprint density at radius 1 is 0.255 bits per heavy atom. The maximum absolute atomic E-state index is 15.6. The van der Waals surface area contributed by atoms with Crippen molar-refractivity contribution >= 4 is 66.7 Å². The van der Waals surface area contributed by atoms with Crippen molar-refractivity contribution in [1.29, 1.82) is 0 Å². The van der Waals surface area contributed by atoms with Gasteiger partial charge in [0.15, 0.2) is 0 Å². The summed E-state index contributed by atoms with van der Waals surface area (Å²) in [5.41, 5.74) is 7.17. The molecule has 2 aliphatic heterocycles. The average molecular weight is 1270 g/mol. The first-order valence-electron chi connectivity index (χ1n) is 32.6. The number of carbonyl (C=O) groups is 4. The van der Waals surface area contributed by atoms with Gasteiger partial charge in [0.05, 0.1) is 22.3 Å². The van der Waals surface area contributed by atoms with Crippen molar-refractivity contribution in [3.05, 3.63) is 309 Å². The third kappa shape index (κ3) is 12.0. The molecule has 10 nitrogen and oxygen atoms in total. The Morgan fingerprint density at radius 2 is 0.459 bits per heavy atom. The molecule has 0 saturated heterocycles. The van der Waals surface area contributed by atoms with Crippen molar-refractivity contribution in [2.24, 2.45) is 0 Å².